The lowest BCUT2D eigenvalue weighted by molar-refractivity contribution is 0.104. The molecule has 0 spiro atoms. The molecule has 0 unspecified atom stereocenters. The van der Waals surface area contributed by atoms with E-state index in [1.54, 1.807) is 6.20 Å². The van der Waals surface area contributed by atoms with Crippen LogP contribution in [0.15, 0.2) is 54.7 Å². The summed E-state index contributed by atoms with van der Waals surface area (Å²) in [6, 6.07) is 13.3. The van der Waals surface area contributed by atoms with Crippen LogP contribution in [0.1, 0.15) is 28.8 Å². The number of carbonyl (C=O) groups is 1. The van der Waals surface area contributed by atoms with Crippen molar-refractivity contribution in [3.05, 3.63) is 71.7 Å². The smallest absolute Gasteiger partial charge is 0.231 e. The highest BCUT2D eigenvalue weighted by atomic mass is 32.2. The van der Waals surface area contributed by atoms with Gasteiger partial charge in [0.15, 0.2) is 5.78 Å². The quantitative estimate of drug-likeness (QED) is 0.258. The summed E-state index contributed by atoms with van der Waals surface area (Å²) >= 11 is 0. The number of piperazine rings is 1. The van der Waals surface area contributed by atoms with E-state index >= 15 is 0 Å². The molecule has 13 heteroatoms. The molecule has 43 heavy (non-hydrogen) atoms. The Kier molecular flexibility index (Phi) is 8.03. The number of nitrogens with zero attached hydrogens (tertiary/aromatic N) is 5. The third-order valence-electron chi connectivity index (χ3n) is 8.07. The molecule has 0 amide bonds. The van der Waals surface area contributed by atoms with Gasteiger partial charge in [0.1, 0.15) is 17.3 Å². The largest absolute Gasteiger partial charge is 0.369 e. The Bertz CT molecular complexity index is 1720. The number of likely N-dealkylation sites (N-methyl/N-ethyl adjacent to an activating group) is 1. The molecule has 2 aliphatic heterocycles. The lowest BCUT2D eigenvalue weighted by atomic mass is 10.0. The lowest BCUT2D eigenvalue weighted by Gasteiger charge is -2.34. The summed E-state index contributed by atoms with van der Waals surface area (Å²) in [6.07, 6.45) is 4.22. The van der Waals surface area contributed by atoms with Crippen molar-refractivity contribution in [2.75, 3.05) is 68.1 Å². The van der Waals surface area contributed by atoms with Crippen LogP contribution in [0.4, 0.5) is 27.5 Å². The van der Waals surface area contributed by atoms with E-state index in [-0.39, 0.29) is 18.4 Å². The zero-order valence-corrected chi connectivity index (χ0v) is 25.0. The molecule has 11 nitrogen and oxygen atoms in total. The van der Waals surface area contributed by atoms with Crippen LogP contribution in [0.2, 0.25) is 0 Å². The molecule has 2 fully saturated rings. The van der Waals surface area contributed by atoms with Gasteiger partial charge >= 0.3 is 0 Å². The maximum absolute atomic E-state index is 13.5. The van der Waals surface area contributed by atoms with Gasteiger partial charge in [-0.2, -0.15) is 9.97 Å². The molecule has 2 aromatic heterocycles. The zero-order chi connectivity index (χ0) is 30.1. The maximum atomic E-state index is 13.5. The number of halogens is 1. The normalized spacial score (nSPS) is 18.6. The van der Waals surface area contributed by atoms with Gasteiger partial charge in [0.25, 0.3) is 0 Å². The molecule has 4 aromatic rings. The van der Waals surface area contributed by atoms with E-state index in [1.165, 1.54) is 34.8 Å². The number of rotatable bonds is 8. The van der Waals surface area contributed by atoms with Gasteiger partial charge in [-0.05, 0) is 68.4 Å². The van der Waals surface area contributed by atoms with Crippen LogP contribution in [0.5, 0.6) is 0 Å². The topological polar surface area (TPSA) is 127 Å². The molecule has 6 rings (SSSR count). The monoisotopic (exact) mass is 606 g/mol. The molecule has 0 aliphatic carbocycles. The van der Waals surface area contributed by atoms with Gasteiger partial charge in [0.2, 0.25) is 16.0 Å². The highest BCUT2D eigenvalue weighted by molar-refractivity contribution is 7.88. The average molecular weight is 607 g/mol. The summed E-state index contributed by atoms with van der Waals surface area (Å²) in [6.45, 7) is 4.74. The highest BCUT2D eigenvalue weighted by Gasteiger charge is 2.28. The number of ketones is 1. The van der Waals surface area contributed by atoms with E-state index in [1.807, 2.05) is 12.1 Å². The number of benzene rings is 2. The van der Waals surface area contributed by atoms with Crippen molar-refractivity contribution in [2.45, 2.75) is 18.9 Å². The number of aromatic amines is 1. The standard InChI is InChI=1S/C30H35FN8O3S/c1-37-14-16-38(17-15-37)24-11-9-22(10-12-24)34-30-35-28-26(25(18-32-28)27(40)20-5-7-21(31)8-6-20)29(36-30)33-23-4-3-13-39(19-23)43(2,41)42/h5-12,18,23H,3-4,13-17,19H2,1-2H3,(H3,32,33,34,35,36)/t23-/m1/s1. The minimum absolute atomic E-state index is 0.221. The van der Waals surface area contributed by atoms with E-state index in [2.05, 4.69) is 49.6 Å². The molecule has 4 heterocycles. The zero-order valence-electron chi connectivity index (χ0n) is 24.2. The molecule has 3 N–H and O–H groups in total. The van der Waals surface area contributed by atoms with Gasteiger partial charge in [-0.1, -0.05) is 0 Å². The van der Waals surface area contributed by atoms with Crippen LogP contribution in [-0.4, -0.2) is 97.0 Å². The predicted molar refractivity (Wildman–Crippen MR) is 166 cm³/mol. The minimum atomic E-state index is -3.36. The van der Waals surface area contributed by atoms with Crippen molar-refractivity contribution in [1.29, 1.82) is 0 Å². The van der Waals surface area contributed by atoms with Gasteiger partial charge < -0.3 is 25.4 Å². The first-order valence-corrected chi connectivity index (χ1v) is 16.2. The number of H-pyrrole nitrogens is 1. The Labute approximate surface area is 250 Å². The van der Waals surface area contributed by atoms with Gasteiger partial charge in [0, 0.05) is 68.4 Å². The molecule has 0 bridgehead atoms. The average Bonchev–Trinajstić information content (AvgIpc) is 3.42. The number of anilines is 4. The van der Waals surface area contributed by atoms with Crippen molar-refractivity contribution in [3.63, 3.8) is 0 Å². The fourth-order valence-electron chi connectivity index (χ4n) is 5.63. The molecule has 226 valence electrons. The van der Waals surface area contributed by atoms with E-state index in [4.69, 9.17) is 4.98 Å². The number of fused-ring (bicyclic) bond motifs is 1. The van der Waals surface area contributed by atoms with Crippen LogP contribution in [0.3, 0.4) is 0 Å². The van der Waals surface area contributed by atoms with Gasteiger partial charge in [-0.3, -0.25) is 4.79 Å². The summed E-state index contributed by atoms with van der Waals surface area (Å²) in [7, 11) is -1.22. The second-order valence-corrected chi connectivity index (χ2v) is 13.2. The third-order valence-corrected chi connectivity index (χ3v) is 9.34. The van der Waals surface area contributed by atoms with Crippen LogP contribution >= 0.6 is 0 Å². The van der Waals surface area contributed by atoms with Gasteiger partial charge in [-0.15, -0.1) is 0 Å². The molecule has 0 radical (unpaired) electrons. The van der Waals surface area contributed by atoms with E-state index < -0.39 is 15.8 Å². The Hall–Kier alpha value is -4.07. The van der Waals surface area contributed by atoms with E-state index in [0.717, 1.165) is 44.0 Å². The summed E-state index contributed by atoms with van der Waals surface area (Å²) in [5.41, 5.74) is 3.06. The molecule has 2 saturated heterocycles. The summed E-state index contributed by atoms with van der Waals surface area (Å²) in [4.78, 5) is 30.7. The number of hydrogen-bond acceptors (Lipinski definition) is 9. The first kappa shape index (κ1) is 29.0. The van der Waals surface area contributed by atoms with Crippen LogP contribution < -0.4 is 15.5 Å². The Morgan fingerprint density at radius 3 is 2.42 bits per heavy atom. The fourth-order valence-corrected chi connectivity index (χ4v) is 6.54. The Morgan fingerprint density at radius 2 is 1.72 bits per heavy atom. The van der Waals surface area contributed by atoms with Crippen LogP contribution in [0.25, 0.3) is 11.0 Å². The maximum Gasteiger partial charge on any atom is 0.231 e. The number of sulfonamides is 1. The number of carbonyl (C=O) groups excluding carboxylic acids is 1. The Morgan fingerprint density at radius 1 is 1.00 bits per heavy atom. The molecule has 0 saturated carbocycles. The fraction of sp³-hybridized carbons (Fsp3) is 0.367. The lowest BCUT2D eigenvalue weighted by Crippen LogP contribution is -2.44. The number of piperidine rings is 1. The minimum Gasteiger partial charge on any atom is -0.369 e. The van der Waals surface area contributed by atoms with Crippen LogP contribution in [-0.2, 0) is 10.0 Å². The van der Waals surface area contributed by atoms with Gasteiger partial charge in [0.05, 0.1) is 17.2 Å². The summed E-state index contributed by atoms with van der Waals surface area (Å²) < 4.78 is 39.5. The number of nitrogens with one attached hydrogen (secondary N) is 3. The highest BCUT2D eigenvalue weighted by Crippen LogP contribution is 2.31. The van der Waals surface area contributed by atoms with Crippen molar-refractivity contribution in [1.82, 2.24) is 24.2 Å². The van der Waals surface area contributed by atoms with Crippen molar-refractivity contribution in [2.24, 2.45) is 0 Å². The second kappa shape index (κ2) is 11.9. The van der Waals surface area contributed by atoms with E-state index in [0.29, 0.717) is 46.9 Å². The predicted octanol–water partition coefficient (Wildman–Crippen LogP) is 3.66. The molecule has 2 aliphatic rings. The molecular weight excluding hydrogens is 571 g/mol. The molecule has 2 aromatic carbocycles. The SMILES string of the molecule is CN1CCN(c2ccc(Nc3nc(N[C@@H]4CCCN(S(C)(=O)=O)C4)c4c(C(=O)c5ccc(F)cc5)c[nH]c4n3)cc2)CC1. The summed E-state index contributed by atoms with van der Waals surface area (Å²) in [5.74, 6) is -0.00457. The second-order valence-electron chi connectivity index (χ2n) is 11.2. The third kappa shape index (κ3) is 6.48. The van der Waals surface area contributed by atoms with Crippen molar-refractivity contribution < 1.29 is 17.6 Å². The van der Waals surface area contributed by atoms with Crippen molar-refractivity contribution in [3.8, 4) is 0 Å². The van der Waals surface area contributed by atoms with Crippen molar-refractivity contribution >= 4 is 50.0 Å². The molecule has 1 atom stereocenters. The number of hydrogen-bond donors (Lipinski definition) is 3. The number of aromatic nitrogens is 3. The molecular formula is C30H35FN8O3S. The Balaban J connectivity index is 1.31. The first-order valence-electron chi connectivity index (χ1n) is 14.4. The van der Waals surface area contributed by atoms with E-state index in [9.17, 15) is 17.6 Å². The van der Waals surface area contributed by atoms with Crippen LogP contribution in [0, 0.1) is 5.82 Å². The van der Waals surface area contributed by atoms with Gasteiger partial charge in [-0.25, -0.2) is 17.1 Å². The first-order chi connectivity index (χ1) is 20.6. The summed E-state index contributed by atoms with van der Waals surface area (Å²) in [5, 5.41) is 7.18.